The second-order valence-corrected chi connectivity index (χ2v) is 6.78. The average molecular weight is 389 g/mol. The Labute approximate surface area is 165 Å². The smallest absolute Gasteiger partial charge is 0.227 e. The van der Waals surface area contributed by atoms with E-state index in [-0.39, 0.29) is 23.6 Å². The van der Waals surface area contributed by atoms with Gasteiger partial charge in [0.25, 0.3) is 0 Å². The van der Waals surface area contributed by atoms with E-state index in [1.807, 2.05) is 32.0 Å². The van der Waals surface area contributed by atoms with E-state index in [2.05, 4.69) is 5.32 Å². The molecule has 28 heavy (non-hydrogen) atoms. The normalized spacial score (nSPS) is 11.8. The van der Waals surface area contributed by atoms with Crippen LogP contribution in [0.3, 0.4) is 0 Å². The van der Waals surface area contributed by atoms with Gasteiger partial charge in [0.05, 0.1) is 26.7 Å². The molecule has 152 valence electrons. The van der Waals surface area contributed by atoms with Crippen LogP contribution in [0.1, 0.15) is 31.7 Å². The van der Waals surface area contributed by atoms with Crippen molar-refractivity contribution in [3.05, 3.63) is 53.8 Å². The molecule has 0 radical (unpaired) electrons. The molecule has 0 aliphatic rings. The van der Waals surface area contributed by atoms with Gasteiger partial charge < -0.3 is 19.5 Å². The van der Waals surface area contributed by atoms with E-state index < -0.39 is 0 Å². The molecule has 0 aromatic heterocycles. The quantitative estimate of drug-likeness (QED) is 0.620. The van der Waals surface area contributed by atoms with Crippen LogP contribution in [-0.2, 0) is 4.79 Å². The van der Waals surface area contributed by atoms with Crippen LogP contribution >= 0.6 is 0 Å². The summed E-state index contributed by atoms with van der Waals surface area (Å²) in [6.07, 6.45) is 0.653. The molecule has 6 heteroatoms. The highest BCUT2D eigenvalue weighted by Crippen LogP contribution is 2.33. The third kappa shape index (κ3) is 5.87. The fourth-order valence-corrected chi connectivity index (χ4v) is 3.00. The van der Waals surface area contributed by atoms with E-state index in [1.165, 1.54) is 12.1 Å². The van der Waals surface area contributed by atoms with Crippen LogP contribution in [0.2, 0.25) is 0 Å². The summed E-state index contributed by atoms with van der Waals surface area (Å²) in [4.78, 5) is 12.7. The first-order chi connectivity index (χ1) is 13.5. The zero-order valence-electron chi connectivity index (χ0n) is 16.8. The number of carbonyl (C=O) groups is 1. The van der Waals surface area contributed by atoms with Gasteiger partial charge in [-0.3, -0.25) is 4.79 Å². The van der Waals surface area contributed by atoms with Crippen LogP contribution in [0.25, 0.3) is 0 Å². The fraction of sp³-hybridized carbons (Fsp3) is 0.409. The highest BCUT2D eigenvalue weighted by atomic mass is 19.1. The summed E-state index contributed by atoms with van der Waals surface area (Å²) in [5, 5.41) is 2.97. The van der Waals surface area contributed by atoms with Gasteiger partial charge in [-0.05, 0) is 54.3 Å². The standard InChI is InChI=1S/C22H28FNO4/c1-15(2)21(16-6-11-19(26-3)20(14-16)27-4)22(25)24-12-5-13-28-18-9-7-17(23)8-10-18/h6-11,14-15,21H,5,12-13H2,1-4H3,(H,24,25). The first-order valence-corrected chi connectivity index (χ1v) is 9.34. The molecule has 1 atom stereocenters. The molecule has 2 rings (SSSR count). The number of hydrogen-bond acceptors (Lipinski definition) is 4. The van der Waals surface area contributed by atoms with Crippen molar-refractivity contribution in [3.63, 3.8) is 0 Å². The van der Waals surface area contributed by atoms with Crippen molar-refractivity contribution in [1.29, 1.82) is 0 Å². The number of carbonyl (C=O) groups excluding carboxylic acids is 1. The van der Waals surface area contributed by atoms with Crippen molar-refractivity contribution in [3.8, 4) is 17.2 Å². The van der Waals surface area contributed by atoms with E-state index in [0.29, 0.717) is 36.8 Å². The minimum atomic E-state index is -0.297. The molecular weight excluding hydrogens is 361 g/mol. The summed E-state index contributed by atoms with van der Waals surface area (Å²) in [5.41, 5.74) is 0.882. The Hall–Kier alpha value is -2.76. The summed E-state index contributed by atoms with van der Waals surface area (Å²) in [6.45, 7) is 4.96. The van der Waals surface area contributed by atoms with Crippen molar-refractivity contribution in [2.45, 2.75) is 26.2 Å². The van der Waals surface area contributed by atoms with Crippen molar-refractivity contribution in [1.82, 2.24) is 5.32 Å². The molecule has 0 saturated carbocycles. The Morgan fingerprint density at radius 3 is 2.32 bits per heavy atom. The lowest BCUT2D eigenvalue weighted by atomic mass is 9.87. The minimum absolute atomic E-state index is 0.0380. The highest BCUT2D eigenvalue weighted by molar-refractivity contribution is 5.84. The van der Waals surface area contributed by atoms with Gasteiger partial charge in [-0.2, -0.15) is 0 Å². The SMILES string of the molecule is COc1ccc(C(C(=O)NCCCOc2ccc(F)cc2)C(C)C)cc1OC. The van der Waals surface area contributed by atoms with Gasteiger partial charge in [0.1, 0.15) is 11.6 Å². The highest BCUT2D eigenvalue weighted by Gasteiger charge is 2.25. The Balaban J connectivity index is 1.89. The fourth-order valence-electron chi connectivity index (χ4n) is 3.00. The molecule has 0 saturated heterocycles. The van der Waals surface area contributed by atoms with Gasteiger partial charge in [0, 0.05) is 6.54 Å². The molecule has 0 bridgehead atoms. The van der Waals surface area contributed by atoms with E-state index in [4.69, 9.17) is 14.2 Å². The van der Waals surface area contributed by atoms with E-state index in [9.17, 15) is 9.18 Å². The number of methoxy groups -OCH3 is 2. The molecule has 2 aromatic rings. The molecule has 0 spiro atoms. The molecule has 2 aromatic carbocycles. The molecule has 1 unspecified atom stereocenters. The lowest BCUT2D eigenvalue weighted by Gasteiger charge is -2.22. The average Bonchev–Trinajstić information content (AvgIpc) is 2.68. The number of benzene rings is 2. The molecule has 1 amide bonds. The van der Waals surface area contributed by atoms with Gasteiger partial charge in [0.2, 0.25) is 5.91 Å². The largest absolute Gasteiger partial charge is 0.494 e. The predicted molar refractivity (Wildman–Crippen MR) is 107 cm³/mol. The van der Waals surface area contributed by atoms with Gasteiger partial charge in [-0.15, -0.1) is 0 Å². The number of halogens is 1. The van der Waals surface area contributed by atoms with Crippen LogP contribution in [0.5, 0.6) is 17.2 Å². The van der Waals surface area contributed by atoms with E-state index >= 15 is 0 Å². The molecule has 1 N–H and O–H groups in total. The summed E-state index contributed by atoms with van der Waals surface area (Å²) in [6, 6.07) is 11.4. The van der Waals surface area contributed by atoms with Crippen molar-refractivity contribution >= 4 is 5.91 Å². The van der Waals surface area contributed by atoms with Gasteiger partial charge >= 0.3 is 0 Å². The maximum Gasteiger partial charge on any atom is 0.227 e. The molecule has 5 nitrogen and oxygen atoms in total. The zero-order valence-corrected chi connectivity index (χ0v) is 16.8. The number of nitrogens with one attached hydrogen (secondary N) is 1. The van der Waals surface area contributed by atoms with Gasteiger partial charge in [-0.1, -0.05) is 19.9 Å². The van der Waals surface area contributed by atoms with Crippen LogP contribution in [0, 0.1) is 11.7 Å². The van der Waals surface area contributed by atoms with Crippen molar-refractivity contribution in [2.75, 3.05) is 27.4 Å². The molecule has 0 heterocycles. The Bertz CT molecular complexity index is 762. The number of ether oxygens (including phenoxy) is 3. The number of amides is 1. The number of hydrogen-bond donors (Lipinski definition) is 1. The lowest BCUT2D eigenvalue weighted by Crippen LogP contribution is -2.33. The van der Waals surface area contributed by atoms with Crippen LogP contribution in [0.15, 0.2) is 42.5 Å². The van der Waals surface area contributed by atoms with Crippen molar-refractivity contribution < 1.29 is 23.4 Å². The topological polar surface area (TPSA) is 56.8 Å². The summed E-state index contributed by atoms with van der Waals surface area (Å²) < 4.78 is 29.0. The monoisotopic (exact) mass is 389 g/mol. The maximum atomic E-state index is 12.9. The van der Waals surface area contributed by atoms with E-state index in [0.717, 1.165) is 5.56 Å². The first kappa shape index (κ1) is 21.5. The molecule has 0 aliphatic heterocycles. The summed E-state index contributed by atoms with van der Waals surface area (Å²) >= 11 is 0. The maximum absolute atomic E-state index is 12.9. The summed E-state index contributed by atoms with van der Waals surface area (Å²) in [7, 11) is 3.16. The number of rotatable bonds is 10. The van der Waals surface area contributed by atoms with E-state index in [1.54, 1.807) is 26.4 Å². The Morgan fingerprint density at radius 1 is 1.04 bits per heavy atom. The third-order valence-corrected chi connectivity index (χ3v) is 4.42. The minimum Gasteiger partial charge on any atom is -0.494 e. The first-order valence-electron chi connectivity index (χ1n) is 9.34. The van der Waals surface area contributed by atoms with Crippen LogP contribution < -0.4 is 19.5 Å². The molecule has 0 aliphatic carbocycles. The van der Waals surface area contributed by atoms with Gasteiger partial charge in [-0.25, -0.2) is 4.39 Å². The van der Waals surface area contributed by atoms with Crippen molar-refractivity contribution in [2.24, 2.45) is 5.92 Å². The van der Waals surface area contributed by atoms with Crippen LogP contribution in [-0.4, -0.2) is 33.3 Å². The van der Waals surface area contributed by atoms with Crippen LogP contribution in [0.4, 0.5) is 4.39 Å². The second kappa shape index (κ2) is 10.5. The lowest BCUT2D eigenvalue weighted by molar-refractivity contribution is -0.123. The Morgan fingerprint density at radius 2 is 1.71 bits per heavy atom. The third-order valence-electron chi connectivity index (χ3n) is 4.42. The molecular formula is C22H28FNO4. The predicted octanol–water partition coefficient (Wildman–Crippen LogP) is 4.17. The Kier molecular flexibility index (Phi) is 8.11. The van der Waals surface area contributed by atoms with Gasteiger partial charge in [0.15, 0.2) is 11.5 Å². The molecule has 0 fully saturated rings. The summed E-state index contributed by atoms with van der Waals surface area (Å²) in [5.74, 6) is 1.33. The second-order valence-electron chi connectivity index (χ2n) is 6.78. The zero-order chi connectivity index (χ0) is 20.5.